The Labute approximate surface area is 79.3 Å². The van der Waals surface area contributed by atoms with Crippen molar-refractivity contribution in [2.75, 3.05) is 6.61 Å². The highest BCUT2D eigenvalue weighted by Crippen LogP contribution is 2.12. The summed E-state index contributed by atoms with van der Waals surface area (Å²) in [7, 11) is -2.34. The van der Waals surface area contributed by atoms with Gasteiger partial charge in [-0.05, 0) is 24.6 Å². The van der Waals surface area contributed by atoms with Crippen LogP contribution in [0.15, 0.2) is 24.3 Å². The lowest BCUT2D eigenvalue weighted by Crippen LogP contribution is -1.92. The second-order valence-electron chi connectivity index (χ2n) is 2.57. The Balaban J connectivity index is 2.69. The van der Waals surface area contributed by atoms with Crippen molar-refractivity contribution in [2.24, 2.45) is 0 Å². The van der Waals surface area contributed by atoms with Gasteiger partial charge in [0.15, 0.2) is 0 Å². The average molecular weight is 200 g/mol. The predicted octanol–water partition coefficient (Wildman–Crippen LogP) is 1.20. The molecule has 72 valence electrons. The largest absolute Gasteiger partial charge is 0.494 e. The van der Waals surface area contributed by atoms with E-state index in [2.05, 4.69) is 0 Å². The van der Waals surface area contributed by atoms with Gasteiger partial charge in [0.2, 0.25) is 0 Å². The maximum absolute atomic E-state index is 10.4. The molecule has 0 aliphatic carbocycles. The molecule has 0 bridgehead atoms. The van der Waals surface area contributed by atoms with Crippen LogP contribution in [0.1, 0.15) is 12.5 Å². The molecule has 1 rings (SSSR count). The van der Waals surface area contributed by atoms with Crippen LogP contribution in [0.5, 0.6) is 5.75 Å². The van der Waals surface area contributed by atoms with E-state index in [1.165, 1.54) is 0 Å². The number of benzene rings is 1. The Kier molecular flexibility index (Phi) is 3.76. The van der Waals surface area contributed by atoms with Crippen LogP contribution < -0.4 is 4.74 Å². The fraction of sp³-hybridized carbons (Fsp3) is 0.333. The highest BCUT2D eigenvalue weighted by atomic mass is 32.2. The molecule has 0 aliphatic heterocycles. The van der Waals surface area contributed by atoms with Crippen molar-refractivity contribution < 1.29 is 13.2 Å². The van der Waals surface area contributed by atoms with Gasteiger partial charge in [0.05, 0.1) is 12.4 Å². The van der Waals surface area contributed by atoms with Gasteiger partial charge < -0.3 is 4.74 Å². The summed E-state index contributed by atoms with van der Waals surface area (Å²) in [5.41, 5.74) is 0.791. The zero-order chi connectivity index (χ0) is 9.68. The second kappa shape index (κ2) is 4.87. The first-order valence-electron chi connectivity index (χ1n) is 4.06. The highest BCUT2D eigenvalue weighted by molar-refractivity contribution is 7.71. The van der Waals surface area contributed by atoms with Gasteiger partial charge >= 0.3 is 0 Å². The lowest BCUT2D eigenvalue weighted by Gasteiger charge is -2.02. The Bertz CT molecular complexity index is 319. The summed E-state index contributed by atoms with van der Waals surface area (Å²) in [4.78, 5) is 0. The van der Waals surface area contributed by atoms with Crippen LogP contribution >= 0.6 is 0 Å². The normalized spacial score (nSPS) is 10.3. The van der Waals surface area contributed by atoms with Gasteiger partial charge in [-0.15, -0.1) is 0 Å². The van der Waals surface area contributed by atoms with E-state index < -0.39 is 10.7 Å². The lowest BCUT2D eigenvalue weighted by molar-refractivity contribution is 0.340. The van der Waals surface area contributed by atoms with Crippen LogP contribution in [-0.4, -0.2) is 15.0 Å². The van der Waals surface area contributed by atoms with Crippen LogP contribution in [-0.2, 0) is 16.5 Å². The fourth-order valence-electron chi connectivity index (χ4n) is 1.01. The third-order valence-electron chi connectivity index (χ3n) is 1.55. The molecule has 0 N–H and O–H groups in total. The third kappa shape index (κ3) is 3.46. The van der Waals surface area contributed by atoms with E-state index in [0.29, 0.717) is 6.61 Å². The number of hydrogen-bond acceptors (Lipinski definition) is 3. The molecule has 0 unspecified atom stereocenters. The maximum atomic E-state index is 10.4. The molecule has 4 heteroatoms. The van der Waals surface area contributed by atoms with Crippen molar-refractivity contribution in [2.45, 2.75) is 12.7 Å². The smallest absolute Gasteiger partial charge is 0.144 e. The van der Waals surface area contributed by atoms with Crippen molar-refractivity contribution in [3.63, 3.8) is 0 Å². The molecule has 0 radical (unpaired) electrons. The van der Waals surface area contributed by atoms with Gasteiger partial charge in [-0.25, -0.2) is 8.42 Å². The minimum atomic E-state index is -2.34. The maximum Gasteiger partial charge on any atom is 0.144 e. The summed E-state index contributed by atoms with van der Waals surface area (Å²) in [6, 6.07) is 7.07. The van der Waals surface area contributed by atoms with Gasteiger partial charge in [-0.1, -0.05) is 12.1 Å². The molecule has 0 saturated heterocycles. The molecule has 0 amide bonds. The lowest BCUT2D eigenvalue weighted by atomic mass is 10.2. The van der Waals surface area contributed by atoms with Crippen molar-refractivity contribution in [1.29, 1.82) is 0 Å². The zero-order valence-corrected chi connectivity index (χ0v) is 8.29. The first kappa shape index (κ1) is 10.1. The van der Waals surface area contributed by atoms with Gasteiger partial charge in [0.1, 0.15) is 16.5 Å². The standard InChI is InChI=1S/C9H12O3S/c1-2-12-9-5-3-8(4-6-9)7-13(10)11/h3-6,13H,2,7H2,1H3. The van der Waals surface area contributed by atoms with E-state index >= 15 is 0 Å². The molecule has 0 heterocycles. The highest BCUT2D eigenvalue weighted by Gasteiger charge is 1.95. The quantitative estimate of drug-likeness (QED) is 0.743. The molecular weight excluding hydrogens is 188 g/mol. The monoisotopic (exact) mass is 200 g/mol. The zero-order valence-electron chi connectivity index (χ0n) is 7.40. The van der Waals surface area contributed by atoms with Gasteiger partial charge in [0.25, 0.3) is 0 Å². The number of ether oxygens (including phenoxy) is 1. The van der Waals surface area contributed by atoms with Gasteiger partial charge in [0, 0.05) is 0 Å². The third-order valence-corrected chi connectivity index (χ3v) is 2.17. The van der Waals surface area contributed by atoms with Crippen molar-refractivity contribution in [3.05, 3.63) is 29.8 Å². The van der Waals surface area contributed by atoms with Crippen molar-refractivity contribution in [3.8, 4) is 5.75 Å². The molecule has 0 aliphatic rings. The van der Waals surface area contributed by atoms with Crippen molar-refractivity contribution >= 4 is 10.7 Å². The fourth-order valence-corrected chi connectivity index (χ4v) is 1.52. The van der Waals surface area contributed by atoms with E-state index in [-0.39, 0.29) is 5.75 Å². The van der Waals surface area contributed by atoms with Gasteiger partial charge in [-0.3, -0.25) is 0 Å². The van der Waals surface area contributed by atoms with E-state index in [1.807, 2.05) is 6.92 Å². The summed E-state index contributed by atoms with van der Waals surface area (Å²) >= 11 is 0. The first-order valence-corrected chi connectivity index (χ1v) is 5.42. The number of rotatable bonds is 4. The second-order valence-corrected chi connectivity index (χ2v) is 3.55. The topological polar surface area (TPSA) is 43.4 Å². The molecule has 0 spiro atoms. The van der Waals surface area contributed by atoms with Crippen molar-refractivity contribution in [1.82, 2.24) is 0 Å². The SMILES string of the molecule is CCOc1ccc(C[SH](=O)=O)cc1. The Morgan fingerprint density at radius 2 is 1.85 bits per heavy atom. The summed E-state index contributed by atoms with van der Waals surface area (Å²) < 4.78 is 26.0. The van der Waals surface area contributed by atoms with E-state index in [4.69, 9.17) is 4.74 Å². The summed E-state index contributed by atoms with van der Waals surface area (Å²) in [6.45, 7) is 2.53. The van der Waals surface area contributed by atoms with Crippen LogP contribution in [0, 0.1) is 0 Å². The van der Waals surface area contributed by atoms with E-state index in [1.54, 1.807) is 24.3 Å². The molecule has 13 heavy (non-hydrogen) atoms. The van der Waals surface area contributed by atoms with Crippen LogP contribution in [0.2, 0.25) is 0 Å². The summed E-state index contributed by atoms with van der Waals surface area (Å²) in [5.74, 6) is 0.870. The van der Waals surface area contributed by atoms with E-state index in [9.17, 15) is 8.42 Å². The first-order chi connectivity index (χ1) is 6.22. The molecule has 0 fully saturated rings. The van der Waals surface area contributed by atoms with E-state index in [0.717, 1.165) is 11.3 Å². The molecular formula is C9H12O3S. The number of thiol groups is 1. The van der Waals surface area contributed by atoms with Gasteiger partial charge in [-0.2, -0.15) is 0 Å². The minimum absolute atomic E-state index is 0.0989. The van der Waals surface area contributed by atoms with Crippen LogP contribution in [0.3, 0.4) is 0 Å². The molecule has 3 nitrogen and oxygen atoms in total. The van der Waals surface area contributed by atoms with Crippen LogP contribution in [0.4, 0.5) is 0 Å². The van der Waals surface area contributed by atoms with Crippen LogP contribution in [0.25, 0.3) is 0 Å². The Morgan fingerprint density at radius 3 is 2.31 bits per heavy atom. The predicted molar refractivity (Wildman–Crippen MR) is 51.6 cm³/mol. The summed E-state index contributed by atoms with van der Waals surface area (Å²) in [6.07, 6.45) is 0. The summed E-state index contributed by atoms with van der Waals surface area (Å²) in [5, 5.41) is 0. The molecule has 0 saturated carbocycles. The Hall–Kier alpha value is -1.03. The minimum Gasteiger partial charge on any atom is -0.494 e. The molecule has 0 atom stereocenters. The molecule has 1 aromatic rings. The molecule has 0 aromatic heterocycles. The molecule has 1 aromatic carbocycles. The number of hydrogen-bond donors (Lipinski definition) is 1. The average Bonchev–Trinajstić information content (AvgIpc) is 2.08. The Morgan fingerprint density at radius 1 is 1.23 bits per heavy atom.